The van der Waals surface area contributed by atoms with Crippen LogP contribution in [0.5, 0.6) is 11.5 Å². The fourth-order valence-electron chi connectivity index (χ4n) is 2.78. The number of nitrogens with one attached hydrogen (secondary N) is 1. The zero-order valence-electron chi connectivity index (χ0n) is 12.1. The lowest BCUT2D eigenvalue weighted by Crippen LogP contribution is -2.45. The van der Waals surface area contributed by atoms with Crippen molar-refractivity contribution in [2.45, 2.75) is 25.8 Å². The van der Waals surface area contributed by atoms with Gasteiger partial charge in [-0.25, -0.2) is 0 Å². The van der Waals surface area contributed by atoms with Crippen molar-refractivity contribution in [3.8, 4) is 11.5 Å². The molecule has 0 saturated carbocycles. The Hall–Kier alpha value is -1.86. The van der Waals surface area contributed by atoms with E-state index in [0.717, 1.165) is 39.0 Å². The second-order valence-corrected chi connectivity index (χ2v) is 5.26. The molecule has 116 valence electrons. The van der Waals surface area contributed by atoms with E-state index in [9.17, 15) is 20.3 Å². The van der Waals surface area contributed by atoms with E-state index in [-0.39, 0.29) is 6.04 Å². The van der Waals surface area contributed by atoms with Crippen LogP contribution in [0, 0.1) is 10.1 Å². The number of nitro groups is 1. The summed E-state index contributed by atoms with van der Waals surface area (Å²) in [6, 6.07) is 2.82. The number of aromatic hydroxyl groups is 2. The van der Waals surface area contributed by atoms with Crippen LogP contribution in [-0.2, 0) is 0 Å². The average molecular weight is 295 g/mol. The highest BCUT2D eigenvalue weighted by atomic mass is 16.6. The first-order valence-corrected chi connectivity index (χ1v) is 7.19. The van der Waals surface area contributed by atoms with Crippen molar-refractivity contribution in [2.24, 2.45) is 0 Å². The first-order chi connectivity index (χ1) is 10.0. The highest BCUT2D eigenvalue weighted by molar-refractivity contribution is 5.57. The SMILES string of the molecule is CCC[C@H](c1cc(O)c(O)c([N+](=O)[O-])c1)N1CCNCC1. The Labute approximate surface area is 123 Å². The van der Waals surface area contributed by atoms with Crippen molar-refractivity contribution in [1.29, 1.82) is 0 Å². The van der Waals surface area contributed by atoms with Gasteiger partial charge in [-0.2, -0.15) is 0 Å². The molecular formula is C14H21N3O4. The van der Waals surface area contributed by atoms with Gasteiger partial charge in [0.1, 0.15) is 0 Å². The fraction of sp³-hybridized carbons (Fsp3) is 0.571. The smallest absolute Gasteiger partial charge is 0.314 e. The molecule has 0 radical (unpaired) electrons. The lowest BCUT2D eigenvalue weighted by molar-refractivity contribution is -0.386. The number of phenolic OH excluding ortho intramolecular Hbond substituents is 2. The van der Waals surface area contributed by atoms with Crippen molar-refractivity contribution < 1.29 is 15.1 Å². The Morgan fingerprint density at radius 2 is 2.05 bits per heavy atom. The molecule has 1 aromatic rings. The van der Waals surface area contributed by atoms with E-state index < -0.39 is 22.1 Å². The highest BCUT2D eigenvalue weighted by Gasteiger charge is 2.26. The number of hydrogen-bond donors (Lipinski definition) is 3. The van der Waals surface area contributed by atoms with E-state index in [1.165, 1.54) is 12.1 Å². The second kappa shape index (κ2) is 6.73. The Balaban J connectivity index is 2.37. The van der Waals surface area contributed by atoms with Crippen LogP contribution in [0.2, 0.25) is 0 Å². The van der Waals surface area contributed by atoms with Crippen molar-refractivity contribution in [3.63, 3.8) is 0 Å². The number of nitro benzene ring substituents is 1. The third kappa shape index (κ3) is 3.43. The largest absolute Gasteiger partial charge is 0.504 e. The molecule has 0 unspecified atom stereocenters. The molecule has 0 aliphatic carbocycles. The summed E-state index contributed by atoms with van der Waals surface area (Å²) in [4.78, 5) is 12.6. The number of hydrogen-bond acceptors (Lipinski definition) is 6. The second-order valence-electron chi connectivity index (χ2n) is 5.26. The standard InChI is InChI=1S/C14H21N3O4/c1-2-3-11(16-6-4-15-5-7-16)10-8-12(17(20)21)14(19)13(18)9-10/h8-9,11,15,18-19H,2-7H2,1H3/t11-/m1/s1. The van der Waals surface area contributed by atoms with Crippen molar-refractivity contribution in [1.82, 2.24) is 10.2 Å². The van der Waals surface area contributed by atoms with Gasteiger partial charge in [-0.3, -0.25) is 15.0 Å². The topological polar surface area (TPSA) is 98.9 Å². The van der Waals surface area contributed by atoms with Crippen molar-refractivity contribution >= 4 is 5.69 Å². The van der Waals surface area contributed by atoms with E-state index >= 15 is 0 Å². The summed E-state index contributed by atoms with van der Waals surface area (Å²) >= 11 is 0. The lowest BCUT2D eigenvalue weighted by atomic mass is 9.98. The maximum Gasteiger partial charge on any atom is 0.314 e. The Morgan fingerprint density at radius 3 is 2.62 bits per heavy atom. The van der Waals surface area contributed by atoms with Gasteiger partial charge in [-0.1, -0.05) is 13.3 Å². The number of rotatable bonds is 5. The van der Waals surface area contributed by atoms with Gasteiger partial charge in [-0.15, -0.1) is 0 Å². The lowest BCUT2D eigenvalue weighted by Gasteiger charge is -2.35. The molecule has 21 heavy (non-hydrogen) atoms. The van der Waals surface area contributed by atoms with Gasteiger partial charge in [0.05, 0.1) is 4.92 Å². The van der Waals surface area contributed by atoms with Gasteiger partial charge in [0.25, 0.3) is 0 Å². The first-order valence-electron chi connectivity index (χ1n) is 7.19. The molecule has 0 aromatic heterocycles. The quantitative estimate of drug-likeness (QED) is 0.435. The molecule has 0 bridgehead atoms. The van der Waals surface area contributed by atoms with Crippen LogP contribution in [0.15, 0.2) is 12.1 Å². The molecule has 3 N–H and O–H groups in total. The minimum absolute atomic E-state index is 0.0160. The minimum atomic E-state index is -0.667. The number of phenols is 2. The van der Waals surface area contributed by atoms with Gasteiger partial charge in [-0.05, 0) is 18.1 Å². The molecule has 0 spiro atoms. The normalized spacial score (nSPS) is 17.6. The zero-order chi connectivity index (χ0) is 15.4. The first kappa shape index (κ1) is 15.5. The van der Waals surface area contributed by atoms with Gasteiger partial charge in [0.2, 0.25) is 5.75 Å². The van der Waals surface area contributed by atoms with E-state index in [1.807, 2.05) is 0 Å². The van der Waals surface area contributed by atoms with E-state index in [1.54, 1.807) is 0 Å². The van der Waals surface area contributed by atoms with Crippen LogP contribution < -0.4 is 5.32 Å². The molecule has 1 aliphatic rings. The number of nitrogens with zero attached hydrogens (tertiary/aromatic N) is 2. The summed E-state index contributed by atoms with van der Waals surface area (Å²) in [7, 11) is 0. The van der Waals surface area contributed by atoms with Crippen molar-refractivity contribution in [3.05, 3.63) is 27.8 Å². The summed E-state index contributed by atoms with van der Waals surface area (Å²) < 4.78 is 0. The molecule has 1 aromatic carbocycles. The molecule has 1 saturated heterocycles. The van der Waals surface area contributed by atoms with E-state index in [0.29, 0.717) is 5.56 Å². The summed E-state index contributed by atoms with van der Waals surface area (Å²) in [5.74, 6) is -1.10. The van der Waals surface area contributed by atoms with Crippen LogP contribution in [0.3, 0.4) is 0 Å². The molecule has 0 amide bonds. The molecule has 1 aliphatic heterocycles. The van der Waals surface area contributed by atoms with Crippen LogP contribution in [-0.4, -0.2) is 46.2 Å². The van der Waals surface area contributed by atoms with E-state index in [2.05, 4.69) is 17.1 Å². The van der Waals surface area contributed by atoms with Crippen LogP contribution in [0.25, 0.3) is 0 Å². The molecule has 7 heteroatoms. The number of piperazine rings is 1. The third-order valence-electron chi connectivity index (χ3n) is 3.83. The molecule has 1 atom stereocenters. The van der Waals surface area contributed by atoms with Crippen LogP contribution >= 0.6 is 0 Å². The van der Waals surface area contributed by atoms with Gasteiger partial charge in [0, 0.05) is 38.3 Å². The zero-order valence-corrected chi connectivity index (χ0v) is 12.1. The molecule has 7 nitrogen and oxygen atoms in total. The third-order valence-corrected chi connectivity index (χ3v) is 3.83. The summed E-state index contributed by atoms with van der Waals surface area (Å²) in [5.41, 5.74) is 0.238. The maximum absolute atomic E-state index is 11.0. The molecule has 2 rings (SSSR count). The Kier molecular flexibility index (Phi) is 4.98. The predicted molar refractivity (Wildman–Crippen MR) is 78.5 cm³/mol. The van der Waals surface area contributed by atoms with Crippen LogP contribution in [0.1, 0.15) is 31.4 Å². The van der Waals surface area contributed by atoms with Gasteiger partial charge < -0.3 is 15.5 Å². The van der Waals surface area contributed by atoms with Gasteiger partial charge in [0.15, 0.2) is 5.75 Å². The van der Waals surface area contributed by atoms with E-state index in [4.69, 9.17) is 0 Å². The average Bonchev–Trinajstić information content (AvgIpc) is 2.48. The highest BCUT2D eigenvalue weighted by Crippen LogP contribution is 2.39. The predicted octanol–water partition coefficient (Wildman–Crippen LogP) is 1.75. The molecule has 1 fully saturated rings. The van der Waals surface area contributed by atoms with Crippen LogP contribution in [0.4, 0.5) is 5.69 Å². The Morgan fingerprint density at radius 1 is 1.38 bits per heavy atom. The fourth-order valence-corrected chi connectivity index (χ4v) is 2.78. The maximum atomic E-state index is 11.0. The molecular weight excluding hydrogens is 274 g/mol. The summed E-state index contributed by atoms with van der Waals surface area (Å²) in [5, 5.41) is 33.6. The monoisotopic (exact) mass is 295 g/mol. The minimum Gasteiger partial charge on any atom is -0.504 e. The summed E-state index contributed by atoms with van der Waals surface area (Å²) in [6.07, 6.45) is 1.78. The number of benzene rings is 1. The van der Waals surface area contributed by atoms with Crippen molar-refractivity contribution in [2.75, 3.05) is 26.2 Å². The van der Waals surface area contributed by atoms with Gasteiger partial charge >= 0.3 is 5.69 Å². The summed E-state index contributed by atoms with van der Waals surface area (Å²) in [6.45, 7) is 5.54. The molecule has 1 heterocycles. The Bertz CT molecular complexity index is 515.